The van der Waals surface area contributed by atoms with Crippen LogP contribution in [0, 0.1) is 0 Å². The molecule has 3 atom stereocenters. The molecule has 1 aromatic rings. The van der Waals surface area contributed by atoms with Gasteiger partial charge in [0.1, 0.15) is 0 Å². The van der Waals surface area contributed by atoms with E-state index >= 15 is 0 Å². The third kappa shape index (κ3) is 2.42. The fourth-order valence-corrected chi connectivity index (χ4v) is 3.60. The topological polar surface area (TPSA) is 64.7 Å². The van der Waals surface area contributed by atoms with Gasteiger partial charge in [0.05, 0.1) is 0 Å². The monoisotopic (exact) mass is 371 g/mol. The number of aliphatic imine (C=N–C) groups is 1. The van der Waals surface area contributed by atoms with E-state index in [1.807, 2.05) is 18.2 Å². The fraction of sp³-hybridized carbons (Fsp3) is 0.467. The minimum absolute atomic E-state index is 0.00196. The van der Waals surface area contributed by atoms with E-state index in [1.165, 1.54) is 0 Å². The third-order valence-electron chi connectivity index (χ3n) is 4.09. The maximum atomic E-state index is 12.8. The second-order valence-electron chi connectivity index (χ2n) is 5.43. The van der Waals surface area contributed by atoms with Crippen LogP contribution >= 0.6 is 11.6 Å². The number of carbonyl (C=O) groups is 1. The summed E-state index contributed by atoms with van der Waals surface area (Å²) in [6, 6.07) is 7.06. The van der Waals surface area contributed by atoms with E-state index in [0.29, 0.717) is 29.1 Å². The van der Waals surface area contributed by atoms with Gasteiger partial charge in [-0.15, -0.1) is 0 Å². The van der Waals surface area contributed by atoms with Crippen LogP contribution in [-0.4, -0.2) is 39.8 Å². The van der Waals surface area contributed by atoms with Crippen LogP contribution in [0.5, 0.6) is 0 Å². The Morgan fingerprint density at radius 3 is 3.00 bits per heavy atom. The number of hydrogen-bond donors (Lipinski definition) is 1. The Morgan fingerprint density at radius 1 is 1.52 bits per heavy atom. The van der Waals surface area contributed by atoms with Crippen LogP contribution in [-0.2, 0) is 15.1 Å². The Morgan fingerprint density at radius 2 is 2.29 bits per heavy atom. The molecular formula is C15H16ClN2O2Se. The van der Waals surface area contributed by atoms with Gasteiger partial charge in [-0.25, -0.2) is 0 Å². The third-order valence-corrected chi connectivity index (χ3v) is 5.17. The maximum absolute atomic E-state index is 12.8. The number of rotatable bonds is 3. The number of carbonyl (C=O) groups excluding carboxylic acids is 1. The standard InChI is InChI=1S/C15H16ClN2O2Se/c16-10-5-2-1-4-9(10)15-7-3-6-12(13(15)19)20-14(18-15)11(17)8-21/h1-2,4-5,11-12H,3,6-8,17H2/t11?,12-,15-/m1/s1. The molecule has 2 N–H and O–H groups in total. The molecule has 1 saturated carbocycles. The van der Waals surface area contributed by atoms with Crippen molar-refractivity contribution in [2.75, 3.05) is 0 Å². The van der Waals surface area contributed by atoms with Crippen LogP contribution in [0.3, 0.4) is 0 Å². The van der Waals surface area contributed by atoms with Gasteiger partial charge in [0.2, 0.25) is 0 Å². The van der Waals surface area contributed by atoms with Crippen LogP contribution < -0.4 is 5.73 Å². The molecule has 1 heterocycles. The van der Waals surface area contributed by atoms with Crippen molar-refractivity contribution in [3.63, 3.8) is 0 Å². The molecule has 3 rings (SSSR count). The van der Waals surface area contributed by atoms with E-state index in [1.54, 1.807) is 6.07 Å². The minimum atomic E-state index is -0.929. The number of halogens is 1. The molecule has 0 saturated heterocycles. The number of ketones is 1. The predicted octanol–water partition coefficient (Wildman–Crippen LogP) is 2.00. The first-order valence-electron chi connectivity index (χ1n) is 6.98. The molecule has 1 aliphatic heterocycles. The predicted molar refractivity (Wildman–Crippen MR) is 82.8 cm³/mol. The Balaban J connectivity index is 2.16. The summed E-state index contributed by atoms with van der Waals surface area (Å²) in [6.45, 7) is 0. The second-order valence-corrected chi connectivity index (χ2v) is 6.53. The molecule has 2 aliphatic rings. The van der Waals surface area contributed by atoms with E-state index in [-0.39, 0.29) is 11.8 Å². The number of benzene rings is 1. The van der Waals surface area contributed by atoms with Gasteiger partial charge in [-0.1, -0.05) is 0 Å². The molecule has 1 aliphatic carbocycles. The molecule has 1 radical (unpaired) electrons. The Hall–Kier alpha value is -0.871. The van der Waals surface area contributed by atoms with Crippen LogP contribution in [0.4, 0.5) is 0 Å². The van der Waals surface area contributed by atoms with Gasteiger partial charge >= 0.3 is 137 Å². The normalized spacial score (nSPS) is 29.6. The summed E-state index contributed by atoms with van der Waals surface area (Å²) in [7, 11) is 0. The van der Waals surface area contributed by atoms with Gasteiger partial charge in [-0.3, -0.25) is 0 Å². The molecule has 0 amide bonds. The molecule has 6 heteroatoms. The molecular weight excluding hydrogens is 355 g/mol. The SMILES string of the molecule is NC(C[Se])C1=N[C@@]2(c3ccccc3Cl)CCC[C@@H](O1)C2=O. The van der Waals surface area contributed by atoms with Crippen LogP contribution in [0.2, 0.25) is 10.3 Å². The van der Waals surface area contributed by atoms with Crippen molar-refractivity contribution in [3.8, 4) is 0 Å². The molecule has 1 unspecified atom stereocenters. The van der Waals surface area contributed by atoms with Crippen molar-refractivity contribution >= 4 is 39.3 Å². The molecule has 21 heavy (non-hydrogen) atoms. The first-order chi connectivity index (χ1) is 10.1. The molecule has 4 nitrogen and oxygen atoms in total. The van der Waals surface area contributed by atoms with E-state index < -0.39 is 11.6 Å². The van der Waals surface area contributed by atoms with Crippen molar-refractivity contribution in [3.05, 3.63) is 34.9 Å². The summed E-state index contributed by atoms with van der Waals surface area (Å²) in [5, 5.41) is 1.16. The van der Waals surface area contributed by atoms with Crippen LogP contribution in [0.25, 0.3) is 0 Å². The summed E-state index contributed by atoms with van der Waals surface area (Å²) in [4.78, 5) is 17.4. The number of Topliss-reactive ketones (excluding diaryl/α,β-unsaturated/α-hetero) is 1. The molecule has 2 bridgehead atoms. The summed E-state index contributed by atoms with van der Waals surface area (Å²) in [6.07, 6.45) is 1.79. The van der Waals surface area contributed by atoms with E-state index in [9.17, 15) is 4.79 Å². The summed E-state index contributed by atoms with van der Waals surface area (Å²) in [5.74, 6) is 0.454. The van der Waals surface area contributed by atoms with Crippen molar-refractivity contribution in [1.82, 2.24) is 0 Å². The number of hydrogen-bond acceptors (Lipinski definition) is 4. The molecule has 1 aromatic carbocycles. The molecule has 0 spiro atoms. The van der Waals surface area contributed by atoms with Gasteiger partial charge in [-0.05, 0) is 0 Å². The quantitative estimate of drug-likeness (QED) is 0.828. The summed E-state index contributed by atoms with van der Waals surface area (Å²) in [5.41, 5.74) is 5.87. The number of fused-ring (bicyclic) bond motifs is 2. The Kier molecular flexibility index (Phi) is 4.10. The van der Waals surface area contributed by atoms with Crippen molar-refractivity contribution in [2.45, 2.75) is 42.3 Å². The molecule has 111 valence electrons. The van der Waals surface area contributed by atoms with Gasteiger partial charge < -0.3 is 0 Å². The Bertz CT molecular complexity index is 607. The Labute approximate surface area is 136 Å². The van der Waals surface area contributed by atoms with E-state index in [2.05, 4.69) is 21.0 Å². The zero-order chi connectivity index (χ0) is 15.0. The van der Waals surface area contributed by atoms with Crippen molar-refractivity contribution < 1.29 is 9.53 Å². The van der Waals surface area contributed by atoms with Gasteiger partial charge in [-0.2, -0.15) is 0 Å². The average molecular weight is 371 g/mol. The number of nitrogens with zero attached hydrogens (tertiary/aromatic N) is 1. The van der Waals surface area contributed by atoms with Gasteiger partial charge in [0.25, 0.3) is 0 Å². The summed E-state index contributed by atoms with van der Waals surface area (Å²) >= 11 is 9.21. The first kappa shape index (κ1) is 15.0. The fourth-order valence-electron chi connectivity index (χ4n) is 3.01. The zero-order valence-corrected chi connectivity index (χ0v) is 13.9. The first-order valence-corrected chi connectivity index (χ1v) is 8.57. The van der Waals surface area contributed by atoms with Crippen molar-refractivity contribution in [1.29, 1.82) is 0 Å². The van der Waals surface area contributed by atoms with Crippen molar-refractivity contribution in [2.24, 2.45) is 10.7 Å². The number of ether oxygens (including phenoxy) is 1. The van der Waals surface area contributed by atoms with E-state index in [0.717, 1.165) is 12.0 Å². The van der Waals surface area contributed by atoms with Crippen LogP contribution in [0.1, 0.15) is 24.8 Å². The number of nitrogens with two attached hydrogens (primary N) is 1. The average Bonchev–Trinajstić information content (AvgIpc) is 2.47. The zero-order valence-electron chi connectivity index (χ0n) is 11.4. The second kappa shape index (κ2) is 5.73. The van der Waals surface area contributed by atoms with E-state index in [4.69, 9.17) is 22.1 Å². The van der Waals surface area contributed by atoms with Crippen LogP contribution in [0.15, 0.2) is 29.3 Å². The molecule has 0 aromatic heterocycles. The van der Waals surface area contributed by atoms with Gasteiger partial charge in [0, 0.05) is 0 Å². The summed E-state index contributed by atoms with van der Waals surface area (Å²) < 4.78 is 5.72. The molecule has 1 fully saturated rings. The van der Waals surface area contributed by atoms with Gasteiger partial charge in [0.15, 0.2) is 0 Å².